The number of aliphatic carboxylic acids is 1. The van der Waals surface area contributed by atoms with Crippen LogP contribution in [0.15, 0.2) is 24.3 Å². The number of carboxylic acid groups (broad SMARTS) is 1. The quantitative estimate of drug-likeness (QED) is 0.369. The summed E-state index contributed by atoms with van der Waals surface area (Å²) < 4.78 is 12.8. The maximum Gasteiger partial charge on any atom is 0.514 e. The van der Waals surface area contributed by atoms with Crippen molar-refractivity contribution in [2.45, 2.75) is 3.79 Å². The lowest BCUT2D eigenvalue weighted by atomic mass is 10.2. The molecular formula is C13H11Cl3O6. The summed E-state index contributed by atoms with van der Waals surface area (Å²) in [5.74, 6) is -0.808. The Morgan fingerprint density at radius 2 is 1.95 bits per heavy atom. The van der Waals surface area contributed by atoms with Gasteiger partial charge in [-0.3, -0.25) is 0 Å². The molecule has 0 heterocycles. The van der Waals surface area contributed by atoms with Gasteiger partial charge < -0.3 is 19.3 Å². The van der Waals surface area contributed by atoms with Crippen LogP contribution >= 0.6 is 34.8 Å². The minimum absolute atomic E-state index is 0.0734. The van der Waals surface area contributed by atoms with Gasteiger partial charge in [0, 0.05) is 6.08 Å². The van der Waals surface area contributed by atoms with Gasteiger partial charge in [-0.1, -0.05) is 40.9 Å². The first-order chi connectivity index (χ1) is 10.2. The van der Waals surface area contributed by atoms with E-state index in [4.69, 9.17) is 49.4 Å². The molecule has 0 amide bonds. The Morgan fingerprint density at radius 1 is 1.27 bits per heavy atom. The maximum absolute atomic E-state index is 11.5. The molecule has 0 radical (unpaired) electrons. The van der Waals surface area contributed by atoms with Crippen molar-refractivity contribution in [3.63, 3.8) is 0 Å². The van der Waals surface area contributed by atoms with Gasteiger partial charge in [-0.25, -0.2) is 9.59 Å². The SMILES string of the molecule is COc1cc(C=CC(=O)O)ccc1OC(=O)OCC(Cl)(Cl)Cl. The molecule has 0 fully saturated rings. The van der Waals surface area contributed by atoms with Crippen LogP contribution in [-0.2, 0) is 9.53 Å². The van der Waals surface area contributed by atoms with E-state index < -0.39 is 22.5 Å². The van der Waals surface area contributed by atoms with Crippen LogP contribution in [0.25, 0.3) is 6.08 Å². The molecule has 1 rings (SSSR count). The molecule has 0 aromatic heterocycles. The van der Waals surface area contributed by atoms with Crippen molar-refractivity contribution in [2.24, 2.45) is 0 Å². The minimum Gasteiger partial charge on any atom is -0.493 e. The predicted octanol–water partition coefficient (Wildman–Crippen LogP) is 3.68. The summed E-state index contributed by atoms with van der Waals surface area (Å²) in [6.07, 6.45) is 1.25. The second-order valence-corrected chi connectivity index (χ2v) is 6.35. The van der Waals surface area contributed by atoms with E-state index in [0.29, 0.717) is 5.56 Å². The van der Waals surface area contributed by atoms with E-state index in [9.17, 15) is 9.59 Å². The van der Waals surface area contributed by atoms with Crippen LogP contribution in [0.4, 0.5) is 4.79 Å². The first-order valence-electron chi connectivity index (χ1n) is 5.71. The average Bonchev–Trinajstić information content (AvgIpc) is 2.43. The summed E-state index contributed by atoms with van der Waals surface area (Å²) >= 11 is 16.3. The monoisotopic (exact) mass is 368 g/mol. The molecule has 0 bridgehead atoms. The number of benzene rings is 1. The van der Waals surface area contributed by atoms with Gasteiger partial charge in [-0.05, 0) is 23.8 Å². The molecule has 0 aliphatic heterocycles. The molecule has 0 saturated heterocycles. The second-order valence-electron chi connectivity index (χ2n) is 3.84. The molecular weight excluding hydrogens is 358 g/mol. The number of carbonyl (C=O) groups is 2. The Labute approximate surface area is 141 Å². The van der Waals surface area contributed by atoms with Gasteiger partial charge in [0.15, 0.2) is 11.5 Å². The lowest BCUT2D eigenvalue weighted by molar-refractivity contribution is -0.131. The number of alkyl halides is 3. The topological polar surface area (TPSA) is 82.1 Å². The lowest BCUT2D eigenvalue weighted by Gasteiger charge is -2.12. The third-order valence-corrected chi connectivity index (χ3v) is 2.48. The van der Waals surface area contributed by atoms with Gasteiger partial charge in [-0.15, -0.1) is 0 Å². The Morgan fingerprint density at radius 3 is 2.50 bits per heavy atom. The molecule has 0 spiro atoms. The van der Waals surface area contributed by atoms with Crippen molar-refractivity contribution in [1.82, 2.24) is 0 Å². The van der Waals surface area contributed by atoms with E-state index in [-0.39, 0.29) is 11.5 Å². The maximum atomic E-state index is 11.5. The summed E-state index contributed by atoms with van der Waals surface area (Å²) in [6, 6.07) is 4.42. The number of hydrogen-bond donors (Lipinski definition) is 1. The zero-order valence-electron chi connectivity index (χ0n) is 11.2. The van der Waals surface area contributed by atoms with Crippen LogP contribution in [0.5, 0.6) is 11.5 Å². The molecule has 0 atom stereocenters. The van der Waals surface area contributed by atoms with Crippen LogP contribution in [0, 0.1) is 0 Å². The zero-order chi connectivity index (χ0) is 16.8. The summed E-state index contributed by atoms with van der Waals surface area (Å²) in [4.78, 5) is 21.9. The highest BCUT2D eigenvalue weighted by molar-refractivity contribution is 6.67. The molecule has 0 unspecified atom stereocenters. The summed E-state index contributed by atoms with van der Waals surface area (Å²) in [7, 11) is 1.36. The fourth-order valence-corrected chi connectivity index (χ4v) is 1.46. The van der Waals surface area contributed by atoms with Gasteiger partial charge >= 0.3 is 12.1 Å². The summed E-state index contributed by atoms with van der Waals surface area (Å²) in [5, 5.41) is 8.56. The van der Waals surface area contributed by atoms with Gasteiger partial charge in [0.25, 0.3) is 0 Å². The third kappa shape index (κ3) is 6.89. The van der Waals surface area contributed by atoms with Crippen LogP contribution in [-0.4, -0.2) is 34.7 Å². The standard InChI is InChI=1S/C13H11Cl3O6/c1-20-10-6-8(3-5-11(17)18)2-4-9(10)22-12(19)21-7-13(14,15)16/h2-6H,7H2,1H3,(H,17,18). The van der Waals surface area contributed by atoms with Crippen LogP contribution in [0.2, 0.25) is 0 Å². The molecule has 0 saturated carbocycles. The van der Waals surface area contributed by atoms with Gasteiger partial charge in [0.05, 0.1) is 7.11 Å². The first-order valence-corrected chi connectivity index (χ1v) is 6.85. The van der Waals surface area contributed by atoms with Crippen molar-refractivity contribution in [3.8, 4) is 11.5 Å². The largest absolute Gasteiger partial charge is 0.514 e. The molecule has 6 nitrogen and oxygen atoms in total. The summed E-state index contributed by atoms with van der Waals surface area (Å²) in [5.41, 5.74) is 0.543. The molecule has 120 valence electrons. The molecule has 1 aromatic rings. The number of halogens is 3. The van der Waals surface area contributed by atoms with Gasteiger partial charge in [0.2, 0.25) is 3.79 Å². The molecule has 22 heavy (non-hydrogen) atoms. The van der Waals surface area contributed by atoms with E-state index >= 15 is 0 Å². The zero-order valence-corrected chi connectivity index (χ0v) is 13.5. The molecule has 0 aliphatic carbocycles. The minimum atomic E-state index is -1.74. The van der Waals surface area contributed by atoms with Crippen molar-refractivity contribution in [1.29, 1.82) is 0 Å². The van der Waals surface area contributed by atoms with Crippen molar-refractivity contribution < 1.29 is 28.9 Å². The number of methoxy groups -OCH3 is 1. The van der Waals surface area contributed by atoms with E-state index in [1.54, 1.807) is 0 Å². The highest BCUT2D eigenvalue weighted by Gasteiger charge is 2.23. The molecule has 0 aliphatic rings. The van der Waals surface area contributed by atoms with Crippen LogP contribution in [0.3, 0.4) is 0 Å². The Kier molecular flexibility index (Phi) is 6.80. The number of carboxylic acids is 1. The lowest BCUT2D eigenvalue weighted by Crippen LogP contribution is -2.19. The fourth-order valence-electron chi connectivity index (χ4n) is 1.30. The van der Waals surface area contributed by atoms with Crippen molar-refractivity contribution >= 4 is 53.0 Å². The number of rotatable bonds is 5. The predicted molar refractivity (Wildman–Crippen MR) is 81.9 cm³/mol. The highest BCUT2D eigenvalue weighted by atomic mass is 35.6. The fraction of sp³-hybridized carbons (Fsp3) is 0.231. The molecule has 9 heteroatoms. The second kappa shape index (κ2) is 8.12. The number of carbonyl (C=O) groups excluding carboxylic acids is 1. The van der Waals surface area contributed by atoms with Crippen molar-refractivity contribution in [2.75, 3.05) is 13.7 Å². The Bertz CT molecular complexity index is 580. The van der Waals surface area contributed by atoms with Crippen molar-refractivity contribution in [3.05, 3.63) is 29.8 Å². The van der Waals surface area contributed by atoms with E-state index in [2.05, 4.69) is 4.74 Å². The van der Waals surface area contributed by atoms with Crippen LogP contribution in [0.1, 0.15) is 5.56 Å². The molecule has 1 aromatic carbocycles. The highest BCUT2D eigenvalue weighted by Crippen LogP contribution is 2.30. The Hall–Kier alpha value is -1.63. The van der Waals surface area contributed by atoms with E-state index in [0.717, 1.165) is 6.08 Å². The summed E-state index contributed by atoms with van der Waals surface area (Å²) in [6.45, 7) is -0.474. The normalized spacial score (nSPS) is 11.3. The number of ether oxygens (including phenoxy) is 3. The average molecular weight is 370 g/mol. The van der Waals surface area contributed by atoms with E-state index in [1.807, 2.05) is 0 Å². The first kappa shape index (κ1) is 18.4. The number of hydrogen-bond acceptors (Lipinski definition) is 5. The smallest absolute Gasteiger partial charge is 0.493 e. The third-order valence-electron chi connectivity index (χ3n) is 2.15. The van der Waals surface area contributed by atoms with Gasteiger partial charge in [0.1, 0.15) is 6.61 Å². The van der Waals surface area contributed by atoms with Gasteiger partial charge in [-0.2, -0.15) is 0 Å². The molecule has 1 N–H and O–H groups in total. The Balaban J connectivity index is 2.78. The van der Waals surface area contributed by atoms with E-state index in [1.165, 1.54) is 31.4 Å². The van der Waals surface area contributed by atoms with Crippen LogP contribution < -0.4 is 9.47 Å².